The van der Waals surface area contributed by atoms with Crippen molar-refractivity contribution in [2.24, 2.45) is 0 Å². The van der Waals surface area contributed by atoms with Gasteiger partial charge in [0.2, 0.25) is 5.75 Å². The van der Waals surface area contributed by atoms with Crippen molar-refractivity contribution in [3.05, 3.63) is 63.3 Å². The molecule has 0 aliphatic heterocycles. The van der Waals surface area contributed by atoms with E-state index in [-0.39, 0.29) is 18.7 Å². The minimum absolute atomic E-state index is 0. The first-order chi connectivity index (χ1) is 9.49. The predicted molar refractivity (Wildman–Crippen MR) is 73.0 cm³/mol. The Hall–Kier alpha value is -2.57. The van der Waals surface area contributed by atoms with Crippen molar-refractivity contribution >= 4 is 5.82 Å². The van der Waals surface area contributed by atoms with E-state index in [0.717, 1.165) is 12.1 Å². The second kappa shape index (κ2) is 6.74. The molecule has 0 aliphatic rings. The molecule has 0 aliphatic carbocycles. The Morgan fingerprint density at radius 1 is 1.33 bits per heavy atom. The first-order valence-electron chi connectivity index (χ1n) is 5.65. The van der Waals surface area contributed by atoms with Crippen LogP contribution in [-0.4, -0.2) is 9.91 Å². The molecule has 21 heavy (non-hydrogen) atoms. The van der Waals surface area contributed by atoms with Gasteiger partial charge >= 0.3 is 5.82 Å². The van der Waals surface area contributed by atoms with Gasteiger partial charge in [-0.15, -0.1) is 0 Å². The van der Waals surface area contributed by atoms with Crippen molar-refractivity contribution in [2.75, 3.05) is 0 Å². The number of benzene rings is 1. The van der Waals surface area contributed by atoms with Gasteiger partial charge in [0.25, 0.3) is 0 Å². The summed E-state index contributed by atoms with van der Waals surface area (Å²) in [6.45, 7) is 1.22. The number of hydrogen-bond donors (Lipinski definition) is 0. The Morgan fingerprint density at radius 2 is 1.95 bits per heavy atom. The fraction of sp³-hybridized carbons (Fsp3) is 0.214. The molecule has 0 atom stereocenters. The molecule has 1 aromatic carbocycles. The van der Waals surface area contributed by atoms with Gasteiger partial charge < -0.3 is 14.9 Å². The van der Waals surface area contributed by atoms with Crippen molar-refractivity contribution in [2.45, 2.75) is 21.0 Å². The Kier molecular flexibility index (Phi) is 5.29. The van der Waals surface area contributed by atoms with Crippen LogP contribution in [0.15, 0.2) is 30.5 Å². The third kappa shape index (κ3) is 3.71. The quantitative estimate of drug-likeness (QED) is 0.636. The highest BCUT2D eigenvalue weighted by Crippen LogP contribution is 2.26. The maximum atomic E-state index is 13.4. The van der Waals surface area contributed by atoms with Crippen LogP contribution in [0.2, 0.25) is 0 Å². The molecule has 2 aromatic rings. The van der Waals surface area contributed by atoms with Crippen LogP contribution in [0.4, 0.5) is 14.6 Å². The van der Waals surface area contributed by atoms with Gasteiger partial charge in [0, 0.05) is 0 Å². The van der Waals surface area contributed by atoms with Crippen LogP contribution in [0.3, 0.4) is 0 Å². The van der Waals surface area contributed by atoms with Gasteiger partial charge in [-0.1, -0.05) is 13.5 Å². The van der Waals surface area contributed by atoms with E-state index in [1.165, 1.54) is 18.3 Å². The van der Waals surface area contributed by atoms with Crippen LogP contribution in [-0.2, 0) is 6.61 Å². The number of aryl methyl sites for hydroxylation is 1. The zero-order valence-corrected chi connectivity index (χ0v) is 10.5. The lowest BCUT2D eigenvalue weighted by Crippen LogP contribution is -2.04. The first kappa shape index (κ1) is 16.5. The Bertz CT molecular complexity index is 642. The molecule has 0 bridgehead atoms. The van der Waals surface area contributed by atoms with E-state index in [0.29, 0.717) is 5.56 Å². The molecule has 2 rings (SSSR count). The second-order valence-electron chi connectivity index (χ2n) is 4.08. The SMILES string of the molecule is C.Cc1cnc([N+](=O)[O-])c(OCc2c(F)cccc2F)c1. The molecule has 5 nitrogen and oxygen atoms in total. The monoisotopic (exact) mass is 296 g/mol. The predicted octanol–water partition coefficient (Wildman–Crippen LogP) is 3.79. The summed E-state index contributed by atoms with van der Waals surface area (Å²) in [5, 5.41) is 10.8. The highest BCUT2D eigenvalue weighted by atomic mass is 19.1. The van der Waals surface area contributed by atoms with E-state index >= 15 is 0 Å². The van der Waals surface area contributed by atoms with Crippen LogP contribution < -0.4 is 4.74 Å². The minimum atomic E-state index is -0.770. The Morgan fingerprint density at radius 3 is 2.52 bits per heavy atom. The number of hydrogen-bond acceptors (Lipinski definition) is 4. The van der Waals surface area contributed by atoms with Crippen molar-refractivity contribution < 1.29 is 18.4 Å². The number of halogens is 2. The molecule has 1 aromatic heterocycles. The molecule has 1 heterocycles. The molecule has 7 heteroatoms. The molecule has 0 amide bonds. The number of nitro groups is 1. The summed E-state index contributed by atoms with van der Waals surface area (Å²) in [6.07, 6.45) is 1.31. The molecular formula is C14H14F2N2O3. The number of pyridine rings is 1. The lowest BCUT2D eigenvalue weighted by atomic mass is 10.2. The fourth-order valence-corrected chi connectivity index (χ4v) is 1.60. The Labute approximate surface area is 120 Å². The van der Waals surface area contributed by atoms with Crippen LogP contribution in [0.25, 0.3) is 0 Å². The summed E-state index contributed by atoms with van der Waals surface area (Å²) in [5.74, 6) is -2.16. The van der Waals surface area contributed by atoms with Crippen molar-refractivity contribution in [3.8, 4) is 5.75 Å². The molecule has 0 unspecified atom stereocenters. The molecule has 0 radical (unpaired) electrons. The normalized spacial score (nSPS) is 9.86. The summed E-state index contributed by atoms with van der Waals surface area (Å²) in [4.78, 5) is 13.7. The number of nitrogens with zero attached hydrogens (tertiary/aromatic N) is 2. The topological polar surface area (TPSA) is 65.3 Å². The smallest absolute Gasteiger partial charge is 0.406 e. The molecular weight excluding hydrogens is 282 g/mol. The highest BCUT2D eigenvalue weighted by molar-refractivity contribution is 5.41. The van der Waals surface area contributed by atoms with Crippen molar-refractivity contribution in [1.29, 1.82) is 0 Å². The molecule has 0 saturated carbocycles. The van der Waals surface area contributed by atoms with Gasteiger partial charge in [-0.05, 0) is 40.6 Å². The number of ether oxygens (including phenoxy) is 1. The average Bonchev–Trinajstić information content (AvgIpc) is 2.37. The van der Waals surface area contributed by atoms with Crippen LogP contribution in [0.5, 0.6) is 5.75 Å². The maximum absolute atomic E-state index is 13.4. The van der Waals surface area contributed by atoms with Gasteiger partial charge in [0.1, 0.15) is 24.4 Å². The van der Waals surface area contributed by atoms with Gasteiger partial charge in [-0.3, -0.25) is 0 Å². The van der Waals surface area contributed by atoms with Gasteiger partial charge in [-0.2, -0.15) is 0 Å². The summed E-state index contributed by atoms with van der Waals surface area (Å²) in [6, 6.07) is 4.80. The molecule has 0 N–H and O–H groups in total. The van der Waals surface area contributed by atoms with E-state index in [2.05, 4.69) is 4.98 Å². The summed E-state index contributed by atoms with van der Waals surface area (Å²) in [7, 11) is 0. The van der Waals surface area contributed by atoms with Crippen molar-refractivity contribution in [1.82, 2.24) is 4.98 Å². The lowest BCUT2D eigenvalue weighted by Gasteiger charge is -2.08. The van der Waals surface area contributed by atoms with E-state index in [9.17, 15) is 18.9 Å². The minimum Gasteiger partial charge on any atom is -0.481 e. The standard InChI is InChI=1S/C13H10F2N2O3.CH4/c1-8-5-12(13(16-6-8)17(18)19)20-7-9-10(14)3-2-4-11(9)15;/h2-6H,7H2,1H3;1H4. The van der Waals surface area contributed by atoms with E-state index in [1.807, 2.05) is 0 Å². The van der Waals surface area contributed by atoms with E-state index < -0.39 is 29.0 Å². The van der Waals surface area contributed by atoms with Gasteiger partial charge in [0.05, 0.1) is 5.56 Å². The van der Waals surface area contributed by atoms with Crippen LogP contribution in [0.1, 0.15) is 18.6 Å². The zero-order valence-electron chi connectivity index (χ0n) is 10.5. The molecule has 0 saturated heterocycles. The van der Waals surface area contributed by atoms with Crippen LogP contribution in [0, 0.1) is 28.7 Å². The molecule has 0 spiro atoms. The molecule has 112 valence electrons. The molecule has 0 fully saturated rings. The fourth-order valence-electron chi connectivity index (χ4n) is 1.60. The third-order valence-electron chi connectivity index (χ3n) is 2.58. The summed E-state index contributed by atoms with van der Waals surface area (Å²) < 4.78 is 32.0. The van der Waals surface area contributed by atoms with Crippen LogP contribution >= 0.6 is 0 Å². The van der Waals surface area contributed by atoms with E-state index in [1.54, 1.807) is 6.92 Å². The number of aromatic nitrogens is 1. The van der Waals surface area contributed by atoms with Crippen molar-refractivity contribution in [3.63, 3.8) is 0 Å². The van der Waals surface area contributed by atoms with E-state index in [4.69, 9.17) is 4.74 Å². The third-order valence-corrected chi connectivity index (χ3v) is 2.58. The number of rotatable bonds is 4. The summed E-state index contributed by atoms with van der Waals surface area (Å²) >= 11 is 0. The second-order valence-corrected chi connectivity index (χ2v) is 4.08. The zero-order chi connectivity index (χ0) is 14.7. The summed E-state index contributed by atoms with van der Waals surface area (Å²) in [5.41, 5.74) is 0.350. The van der Waals surface area contributed by atoms with Gasteiger partial charge in [-0.25, -0.2) is 8.78 Å². The Balaban J connectivity index is 0.00000220. The first-order valence-corrected chi connectivity index (χ1v) is 5.65. The van der Waals surface area contributed by atoms with Gasteiger partial charge in [0.15, 0.2) is 0 Å². The lowest BCUT2D eigenvalue weighted by molar-refractivity contribution is -0.390. The highest BCUT2D eigenvalue weighted by Gasteiger charge is 2.18. The largest absolute Gasteiger partial charge is 0.481 e. The maximum Gasteiger partial charge on any atom is 0.406 e. The average molecular weight is 296 g/mol.